The number of hydrogen-bond acceptors (Lipinski definition) is 7. The highest BCUT2D eigenvalue weighted by atomic mass is 79.9. The number of rotatable bonds is 8. The van der Waals surface area contributed by atoms with E-state index in [1.165, 1.54) is 35.2 Å². The molecule has 0 aliphatic rings. The molecular weight excluding hydrogens is 599 g/mol. The Balaban J connectivity index is 1.17. The highest BCUT2D eigenvalue weighted by molar-refractivity contribution is 9.10. The van der Waals surface area contributed by atoms with E-state index in [1.807, 2.05) is 36.4 Å². The molecule has 3 aromatic heterocycles. The van der Waals surface area contributed by atoms with E-state index in [2.05, 4.69) is 53.1 Å². The Hall–Kier alpha value is -3.67. The van der Waals surface area contributed by atoms with Gasteiger partial charge in [-0.3, -0.25) is 4.79 Å². The Morgan fingerprint density at radius 1 is 1.03 bits per heavy atom. The predicted octanol–water partition coefficient (Wildman–Crippen LogP) is 6.71. The number of carbonyl (C=O) groups excluding carboxylic acids is 1. The molecule has 0 aliphatic carbocycles. The van der Waals surface area contributed by atoms with Crippen molar-refractivity contribution in [3.8, 4) is 0 Å². The predicted molar refractivity (Wildman–Crippen MR) is 157 cm³/mol. The third-order valence-corrected chi connectivity index (χ3v) is 8.26. The van der Waals surface area contributed by atoms with Crippen molar-refractivity contribution in [3.63, 3.8) is 0 Å². The summed E-state index contributed by atoms with van der Waals surface area (Å²) in [7, 11) is 0. The first-order valence-electron chi connectivity index (χ1n) is 12.0. The van der Waals surface area contributed by atoms with Crippen LogP contribution < -0.4 is 5.32 Å². The number of thiazole rings is 1. The number of halogens is 2. The zero-order valence-electron chi connectivity index (χ0n) is 20.3. The number of anilines is 1. The molecule has 194 valence electrons. The molecule has 0 spiro atoms. The molecule has 1 amide bonds. The summed E-state index contributed by atoms with van der Waals surface area (Å²) in [6, 6.07) is 22.6. The third-order valence-electron chi connectivity index (χ3n) is 6.02. The van der Waals surface area contributed by atoms with Gasteiger partial charge < -0.3 is 9.88 Å². The van der Waals surface area contributed by atoms with Crippen LogP contribution in [0.25, 0.3) is 22.1 Å². The Bertz CT molecular complexity index is 1790. The van der Waals surface area contributed by atoms with Gasteiger partial charge in [0.15, 0.2) is 10.8 Å². The number of fused-ring (bicyclic) bond motifs is 3. The molecule has 0 atom stereocenters. The number of thioether (sulfide) groups is 1. The lowest BCUT2D eigenvalue weighted by Crippen LogP contribution is -2.14. The maximum Gasteiger partial charge on any atom is 0.236 e. The largest absolute Gasteiger partial charge is 0.319 e. The van der Waals surface area contributed by atoms with Gasteiger partial charge in [0.25, 0.3) is 0 Å². The molecular formula is C28H20BrFN6OS2. The number of hydrogen-bond donors (Lipinski definition) is 1. The van der Waals surface area contributed by atoms with Crippen molar-refractivity contribution in [3.05, 3.63) is 105 Å². The Kier molecular flexibility index (Phi) is 7.36. The molecule has 39 heavy (non-hydrogen) atoms. The lowest BCUT2D eigenvalue weighted by atomic mass is 10.1. The first-order chi connectivity index (χ1) is 19.0. The molecule has 0 bridgehead atoms. The summed E-state index contributed by atoms with van der Waals surface area (Å²) >= 11 is 6.17. The molecule has 6 aromatic rings. The van der Waals surface area contributed by atoms with Crippen LogP contribution in [0.15, 0.2) is 88.6 Å². The quantitative estimate of drug-likeness (QED) is 0.191. The average molecular weight is 620 g/mol. The van der Waals surface area contributed by atoms with Gasteiger partial charge in [-0.15, -0.1) is 21.5 Å². The van der Waals surface area contributed by atoms with Crippen LogP contribution in [-0.2, 0) is 17.8 Å². The minimum Gasteiger partial charge on any atom is -0.319 e. The lowest BCUT2D eigenvalue weighted by Gasteiger charge is -2.07. The van der Waals surface area contributed by atoms with Crippen LogP contribution in [0.2, 0.25) is 0 Å². The number of aromatic nitrogens is 5. The minimum atomic E-state index is -0.266. The summed E-state index contributed by atoms with van der Waals surface area (Å²) in [4.78, 5) is 22.7. The van der Waals surface area contributed by atoms with Gasteiger partial charge in [-0.2, -0.15) is 0 Å². The van der Waals surface area contributed by atoms with Gasteiger partial charge >= 0.3 is 0 Å². The fourth-order valence-corrected chi connectivity index (χ4v) is 6.04. The third kappa shape index (κ3) is 5.85. The van der Waals surface area contributed by atoms with Crippen molar-refractivity contribution in [1.82, 2.24) is 24.7 Å². The van der Waals surface area contributed by atoms with E-state index < -0.39 is 0 Å². The minimum absolute atomic E-state index is 0.116. The van der Waals surface area contributed by atoms with Crippen LogP contribution in [0.4, 0.5) is 9.52 Å². The standard InChI is InChI=1S/C28H20BrFN6OS2/c29-19-8-11-23-22(13-19)25-26(36(23)15-18-4-2-1-3-5-18)33-28(35-34-25)38-16-24(37)32-27-31-14-21(39-27)12-17-6-9-20(30)10-7-17/h1-11,13-14H,12,15-16H2,(H,31,32,37). The maximum absolute atomic E-state index is 13.1. The van der Waals surface area contributed by atoms with Crippen LogP contribution in [0.1, 0.15) is 16.0 Å². The first-order valence-corrected chi connectivity index (χ1v) is 14.6. The zero-order chi connectivity index (χ0) is 26.8. The number of amides is 1. The second kappa shape index (κ2) is 11.2. The van der Waals surface area contributed by atoms with Crippen LogP contribution in [-0.4, -0.2) is 36.4 Å². The second-order valence-corrected chi connectivity index (χ2v) is 11.7. The summed E-state index contributed by atoms with van der Waals surface area (Å²) < 4.78 is 16.2. The molecule has 0 fully saturated rings. The fourth-order valence-electron chi connectivity index (χ4n) is 4.24. The molecule has 11 heteroatoms. The van der Waals surface area contributed by atoms with E-state index in [4.69, 9.17) is 4.98 Å². The average Bonchev–Trinajstić information content (AvgIpc) is 3.50. The van der Waals surface area contributed by atoms with Crippen molar-refractivity contribution in [2.24, 2.45) is 0 Å². The van der Waals surface area contributed by atoms with Gasteiger partial charge in [0.05, 0.1) is 11.3 Å². The number of carbonyl (C=O) groups is 1. The maximum atomic E-state index is 13.1. The molecule has 0 radical (unpaired) electrons. The van der Waals surface area contributed by atoms with Crippen LogP contribution in [0, 0.1) is 5.82 Å². The highest BCUT2D eigenvalue weighted by Crippen LogP contribution is 2.30. The molecule has 3 heterocycles. The fraction of sp³-hybridized carbons (Fsp3) is 0.107. The van der Waals surface area contributed by atoms with Gasteiger partial charge in [-0.1, -0.05) is 70.2 Å². The van der Waals surface area contributed by atoms with Gasteiger partial charge in [-0.05, 0) is 41.5 Å². The SMILES string of the molecule is O=C(CSc1nnc2c3cc(Br)ccc3n(Cc3ccccc3)c2n1)Nc1ncc(Cc2ccc(F)cc2)s1. The van der Waals surface area contributed by atoms with E-state index in [0.29, 0.717) is 28.8 Å². The lowest BCUT2D eigenvalue weighted by molar-refractivity contribution is -0.113. The topological polar surface area (TPSA) is 85.6 Å². The monoisotopic (exact) mass is 618 g/mol. The number of benzene rings is 3. The molecule has 0 saturated heterocycles. The van der Waals surface area contributed by atoms with Crippen molar-refractivity contribution in [1.29, 1.82) is 0 Å². The van der Waals surface area contributed by atoms with Gasteiger partial charge in [-0.25, -0.2) is 14.4 Å². The van der Waals surface area contributed by atoms with Crippen molar-refractivity contribution < 1.29 is 9.18 Å². The summed E-state index contributed by atoms with van der Waals surface area (Å²) in [5.41, 5.74) is 4.57. The van der Waals surface area contributed by atoms with Crippen LogP contribution in [0.5, 0.6) is 0 Å². The van der Waals surface area contributed by atoms with E-state index in [1.54, 1.807) is 18.3 Å². The molecule has 0 saturated carbocycles. The van der Waals surface area contributed by atoms with Gasteiger partial charge in [0.2, 0.25) is 11.1 Å². The first kappa shape index (κ1) is 25.6. The van der Waals surface area contributed by atoms with E-state index in [9.17, 15) is 9.18 Å². The summed E-state index contributed by atoms with van der Waals surface area (Å²) in [5.74, 6) is -0.359. The molecule has 1 N–H and O–H groups in total. The summed E-state index contributed by atoms with van der Waals surface area (Å²) in [5, 5.41) is 13.5. The highest BCUT2D eigenvalue weighted by Gasteiger charge is 2.17. The van der Waals surface area contributed by atoms with Crippen molar-refractivity contribution >= 4 is 72.1 Å². The van der Waals surface area contributed by atoms with E-state index in [0.717, 1.165) is 37.0 Å². The van der Waals surface area contributed by atoms with Gasteiger partial charge in [0, 0.05) is 33.9 Å². The molecule has 6 rings (SSSR count). The smallest absolute Gasteiger partial charge is 0.236 e. The Morgan fingerprint density at radius 3 is 2.67 bits per heavy atom. The summed E-state index contributed by atoms with van der Waals surface area (Å²) in [6.07, 6.45) is 2.34. The van der Waals surface area contributed by atoms with Crippen LogP contribution >= 0.6 is 39.0 Å². The van der Waals surface area contributed by atoms with Crippen molar-refractivity contribution in [2.75, 3.05) is 11.1 Å². The molecule has 3 aromatic carbocycles. The molecule has 0 aliphatic heterocycles. The number of nitrogens with one attached hydrogen (secondary N) is 1. The Morgan fingerprint density at radius 2 is 1.85 bits per heavy atom. The van der Waals surface area contributed by atoms with Gasteiger partial charge in [0.1, 0.15) is 11.3 Å². The molecule has 7 nitrogen and oxygen atoms in total. The normalized spacial score (nSPS) is 11.3. The second-order valence-electron chi connectivity index (χ2n) is 8.77. The molecule has 0 unspecified atom stereocenters. The van der Waals surface area contributed by atoms with Crippen LogP contribution in [0.3, 0.4) is 0 Å². The summed E-state index contributed by atoms with van der Waals surface area (Å²) in [6.45, 7) is 0.635. The van der Waals surface area contributed by atoms with Crippen molar-refractivity contribution in [2.45, 2.75) is 18.1 Å². The number of nitrogens with zero attached hydrogens (tertiary/aromatic N) is 5. The zero-order valence-corrected chi connectivity index (χ0v) is 23.6. The van der Waals surface area contributed by atoms with E-state index >= 15 is 0 Å². The Labute approximate surface area is 239 Å². The van der Waals surface area contributed by atoms with E-state index in [-0.39, 0.29) is 17.5 Å².